The average molecular weight is 248 g/mol. The van der Waals surface area contributed by atoms with Gasteiger partial charge in [-0.15, -0.1) is 0 Å². The largest absolute Gasteiger partial charge is 0.273 e. The zero-order valence-electron chi connectivity index (χ0n) is 10.2. The first-order valence-corrected chi connectivity index (χ1v) is 6.05. The first-order valence-electron chi connectivity index (χ1n) is 6.05. The molecule has 1 amide bonds. The molecule has 3 nitrogen and oxygen atoms in total. The lowest BCUT2D eigenvalue weighted by molar-refractivity contribution is -0.116. The summed E-state index contributed by atoms with van der Waals surface area (Å²) in [5.41, 5.74) is 5.72. The molecule has 0 unspecified atom stereocenters. The van der Waals surface area contributed by atoms with Gasteiger partial charge in [0.1, 0.15) is 5.71 Å². The molecule has 3 heteroatoms. The van der Waals surface area contributed by atoms with Gasteiger partial charge in [0, 0.05) is 5.56 Å². The zero-order valence-corrected chi connectivity index (χ0v) is 10.2. The second-order valence-electron chi connectivity index (χ2n) is 4.24. The summed E-state index contributed by atoms with van der Waals surface area (Å²) in [5.74, 6) is -0.164. The number of benzene rings is 2. The maximum absolute atomic E-state index is 11.9. The Morgan fingerprint density at radius 1 is 0.895 bits per heavy atom. The summed E-state index contributed by atoms with van der Waals surface area (Å²) in [6.45, 7) is 0. The van der Waals surface area contributed by atoms with Gasteiger partial charge in [-0.05, 0) is 11.6 Å². The van der Waals surface area contributed by atoms with Gasteiger partial charge in [-0.25, -0.2) is 5.43 Å². The number of rotatable bonds is 2. The monoisotopic (exact) mass is 248 g/mol. The summed E-state index contributed by atoms with van der Waals surface area (Å²) in [6.07, 6.45) is 1.86. The average Bonchev–Trinajstić information content (AvgIpc) is 2.82. The van der Waals surface area contributed by atoms with E-state index in [4.69, 9.17) is 0 Å². The molecular formula is C16H12N2O. The second kappa shape index (κ2) is 4.90. The van der Waals surface area contributed by atoms with Crippen molar-refractivity contribution < 1.29 is 4.79 Å². The lowest BCUT2D eigenvalue weighted by Crippen LogP contribution is -2.13. The van der Waals surface area contributed by atoms with E-state index >= 15 is 0 Å². The van der Waals surface area contributed by atoms with Gasteiger partial charge in [0.25, 0.3) is 5.91 Å². The van der Waals surface area contributed by atoms with Crippen LogP contribution in [0.2, 0.25) is 0 Å². The quantitative estimate of drug-likeness (QED) is 0.815. The summed E-state index contributed by atoms with van der Waals surface area (Å²) in [4.78, 5) is 11.9. The first kappa shape index (κ1) is 11.4. The Balaban J connectivity index is 2.02. The molecule has 0 bridgehead atoms. The van der Waals surface area contributed by atoms with Crippen molar-refractivity contribution in [2.24, 2.45) is 5.10 Å². The summed E-state index contributed by atoms with van der Waals surface area (Å²) < 4.78 is 0. The number of hydrogen-bond donors (Lipinski definition) is 1. The van der Waals surface area contributed by atoms with Crippen LogP contribution in [0.3, 0.4) is 0 Å². The first-order chi connectivity index (χ1) is 9.34. The number of carbonyl (C=O) groups is 1. The van der Waals surface area contributed by atoms with Crippen LogP contribution in [0.25, 0.3) is 6.08 Å². The van der Waals surface area contributed by atoms with Crippen molar-refractivity contribution >= 4 is 17.7 Å². The zero-order chi connectivity index (χ0) is 13.1. The minimum atomic E-state index is -0.164. The second-order valence-corrected chi connectivity index (χ2v) is 4.24. The van der Waals surface area contributed by atoms with Crippen LogP contribution in [0, 0.1) is 0 Å². The van der Waals surface area contributed by atoms with Crippen LogP contribution in [0.15, 0.2) is 71.3 Å². The minimum Gasteiger partial charge on any atom is -0.267 e. The molecule has 0 saturated heterocycles. The van der Waals surface area contributed by atoms with Gasteiger partial charge >= 0.3 is 0 Å². The fraction of sp³-hybridized carbons (Fsp3) is 0. The van der Waals surface area contributed by atoms with Crippen molar-refractivity contribution in [2.75, 3.05) is 0 Å². The maximum atomic E-state index is 11.9. The van der Waals surface area contributed by atoms with Gasteiger partial charge in [0.05, 0.1) is 5.57 Å². The molecule has 0 fully saturated rings. The Hall–Kier alpha value is -2.68. The van der Waals surface area contributed by atoms with E-state index in [9.17, 15) is 4.79 Å². The van der Waals surface area contributed by atoms with E-state index in [0.717, 1.165) is 11.1 Å². The molecule has 1 aliphatic heterocycles. The van der Waals surface area contributed by atoms with E-state index in [1.807, 2.05) is 66.7 Å². The Morgan fingerprint density at radius 3 is 2.21 bits per heavy atom. The highest BCUT2D eigenvalue weighted by Gasteiger charge is 2.23. The van der Waals surface area contributed by atoms with Crippen LogP contribution in [-0.2, 0) is 4.79 Å². The molecule has 1 heterocycles. The Kier molecular flexibility index (Phi) is 2.94. The molecule has 1 N–H and O–H groups in total. The molecular weight excluding hydrogens is 236 g/mol. The predicted octanol–water partition coefficient (Wildman–Crippen LogP) is 2.60. The highest BCUT2D eigenvalue weighted by molar-refractivity contribution is 6.33. The van der Waals surface area contributed by atoms with E-state index in [-0.39, 0.29) is 5.91 Å². The number of nitrogens with zero attached hydrogens (tertiary/aromatic N) is 1. The van der Waals surface area contributed by atoms with Gasteiger partial charge in [-0.3, -0.25) is 4.79 Å². The highest BCUT2D eigenvalue weighted by atomic mass is 16.2. The number of nitrogens with one attached hydrogen (secondary N) is 1. The number of carbonyl (C=O) groups excluding carboxylic acids is 1. The van der Waals surface area contributed by atoms with Crippen LogP contribution in [0.4, 0.5) is 0 Å². The van der Waals surface area contributed by atoms with Crippen molar-refractivity contribution in [1.29, 1.82) is 0 Å². The highest BCUT2D eigenvalue weighted by Crippen LogP contribution is 2.17. The van der Waals surface area contributed by atoms with Crippen molar-refractivity contribution in [2.45, 2.75) is 0 Å². The molecule has 92 valence electrons. The number of hydrogen-bond acceptors (Lipinski definition) is 2. The van der Waals surface area contributed by atoms with Crippen molar-refractivity contribution in [3.05, 3.63) is 77.4 Å². The number of amides is 1. The molecule has 2 aromatic carbocycles. The topological polar surface area (TPSA) is 41.5 Å². The van der Waals surface area contributed by atoms with E-state index in [0.29, 0.717) is 11.3 Å². The molecule has 0 radical (unpaired) electrons. The van der Waals surface area contributed by atoms with E-state index in [1.54, 1.807) is 0 Å². The third-order valence-electron chi connectivity index (χ3n) is 2.93. The SMILES string of the molecule is O=C1NN=C(c2ccccc2)/C1=C/c1ccccc1. The molecule has 0 atom stereocenters. The van der Waals surface area contributed by atoms with Crippen LogP contribution >= 0.6 is 0 Å². The van der Waals surface area contributed by atoms with Crippen LogP contribution in [-0.4, -0.2) is 11.6 Å². The van der Waals surface area contributed by atoms with Gasteiger partial charge < -0.3 is 0 Å². The molecule has 0 aliphatic carbocycles. The minimum absolute atomic E-state index is 0.164. The predicted molar refractivity (Wildman–Crippen MR) is 75.5 cm³/mol. The molecule has 2 aromatic rings. The van der Waals surface area contributed by atoms with Gasteiger partial charge in [0.2, 0.25) is 0 Å². The smallest absolute Gasteiger partial charge is 0.267 e. The molecule has 1 aliphatic rings. The fourth-order valence-electron chi connectivity index (χ4n) is 2.00. The standard InChI is InChI=1S/C16H12N2O/c19-16-14(11-12-7-3-1-4-8-12)15(17-18-16)13-9-5-2-6-10-13/h1-11H,(H,18,19)/b14-11-. The van der Waals surface area contributed by atoms with Gasteiger partial charge in [-0.2, -0.15) is 5.10 Å². The third-order valence-corrected chi connectivity index (χ3v) is 2.93. The van der Waals surface area contributed by atoms with Gasteiger partial charge in [0.15, 0.2) is 0 Å². The van der Waals surface area contributed by atoms with E-state index in [1.165, 1.54) is 0 Å². The van der Waals surface area contributed by atoms with Crippen LogP contribution in [0.5, 0.6) is 0 Å². The number of hydrazone groups is 1. The fourth-order valence-corrected chi connectivity index (χ4v) is 2.00. The Bertz CT molecular complexity index is 658. The molecule has 3 rings (SSSR count). The molecule has 0 saturated carbocycles. The summed E-state index contributed by atoms with van der Waals surface area (Å²) in [5, 5.41) is 4.11. The maximum Gasteiger partial charge on any atom is 0.273 e. The summed E-state index contributed by atoms with van der Waals surface area (Å²) in [6, 6.07) is 19.4. The van der Waals surface area contributed by atoms with E-state index in [2.05, 4.69) is 10.5 Å². The third kappa shape index (κ3) is 2.31. The van der Waals surface area contributed by atoms with Crippen molar-refractivity contribution in [1.82, 2.24) is 5.43 Å². The Labute approximate surface area is 111 Å². The lowest BCUT2D eigenvalue weighted by atomic mass is 10.0. The van der Waals surface area contributed by atoms with Gasteiger partial charge in [-0.1, -0.05) is 60.7 Å². The summed E-state index contributed by atoms with van der Waals surface area (Å²) in [7, 11) is 0. The normalized spacial score (nSPS) is 16.3. The molecule has 0 aromatic heterocycles. The van der Waals surface area contributed by atoms with Crippen molar-refractivity contribution in [3.8, 4) is 0 Å². The van der Waals surface area contributed by atoms with E-state index < -0.39 is 0 Å². The summed E-state index contributed by atoms with van der Waals surface area (Å²) >= 11 is 0. The molecule has 0 spiro atoms. The van der Waals surface area contributed by atoms with Crippen LogP contribution < -0.4 is 5.43 Å². The lowest BCUT2D eigenvalue weighted by Gasteiger charge is -2.01. The van der Waals surface area contributed by atoms with Crippen molar-refractivity contribution in [3.63, 3.8) is 0 Å². The Morgan fingerprint density at radius 2 is 1.53 bits per heavy atom. The van der Waals surface area contributed by atoms with Crippen LogP contribution in [0.1, 0.15) is 11.1 Å². The molecule has 19 heavy (non-hydrogen) atoms.